The molecule has 2 nitrogen and oxygen atoms in total. The first kappa shape index (κ1) is 14.9. The zero-order chi connectivity index (χ0) is 15.6. The Balaban J connectivity index is 2.48. The predicted octanol–water partition coefficient (Wildman–Crippen LogP) is 4.56. The third-order valence-corrected chi connectivity index (χ3v) is 3.14. The number of hydrogen-bond acceptors (Lipinski definition) is 2. The van der Waals surface area contributed by atoms with Crippen LogP contribution < -0.4 is 4.74 Å². The van der Waals surface area contributed by atoms with Crippen LogP contribution >= 0.6 is 0 Å². The lowest BCUT2D eigenvalue weighted by Crippen LogP contribution is -2.04. The lowest BCUT2D eigenvalue weighted by Gasteiger charge is -2.11. The molecule has 0 spiro atoms. The Morgan fingerprint density at radius 2 is 1.67 bits per heavy atom. The summed E-state index contributed by atoms with van der Waals surface area (Å²) in [4.78, 5) is 0. The second-order valence-corrected chi connectivity index (χ2v) is 4.56. The van der Waals surface area contributed by atoms with Crippen molar-refractivity contribution in [3.05, 3.63) is 53.1 Å². The van der Waals surface area contributed by atoms with Crippen molar-refractivity contribution in [2.45, 2.75) is 13.1 Å². The van der Waals surface area contributed by atoms with Gasteiger partial charge in [-0.2, -0.15) is 18.4 Å². The number of ether oxygens (including phenoxy) is 1. The topological polar surface area (TPSA) is 33.0 Å². The summed E-state index contributed by atoms with van der Waals surface area (Å²) < 4.78 is 42.8. The van der Waals surface area contributed by atoms with Crippen LogP contribution in [0.4, 0.5) is 13.2 Å². The number of methoxy groups -OCH3 is 1. The van der Waals surface area contributed by atoms with Crippen LogP contribution in [0, 0.1) is 18.3 Å². The maximum Gasteiger partial charge on any atom is 0.416 e. The fourth-order valence-corrected chi connectivity index (χ4v) is 2.15. The monoisotopic (exact) mass is 291 g/mol. The molecule has 2 rings (SSSR count). The number of benzene rings is 2. The van der Waals surface area contributed by atoms with Crippen LogP contribution in [0.25, 0.3) is 11.1 Å². The van der Waals surface area contributed by atoms with Gasteiger partial charge in [0.25, 0.3) is 0 Å². The molecule has 21 heavy (non-hydrogen) atoms. The first-order valence-corrected chi connectivity index (χ1v) is 6.13. The van der Waals surface area contributed by atoms with Crippen LogP contribution in [0.5, 0.6) is 5.75 Å². The molecule has 0 saturated carbocycles. The van der Waals surface area contributed by atoms with Gasteiger partial charge in [0, 0.05) is 0 Å². The van der Waals surface area contributed by atoms with E-state index in [1.165, 1.54) is 19.2 Å². The van der Waals surface area contributed by atoms with Crippen molar-refractivity contribution in [2.75, 3.05) is 7.11 Å². The second-order valence-electron chi connectivity index (χ2n) is 4.56. The molecular weight excluding hydrogens is 279 g/mol. The van der Waals surface area contributed by atoms with E-state index in [0.29, 0.717) is 22.4 Å². The molecule has 0 aliphatic rings. The Morgan fingerprint density at radius 3 is 2.14 bits per heavy atom. The number of nitriles is 1. The molecule has 5 heteroatoms. The molecule has 0 bridgehead atoms. The highest BCUT2D eigenvalue weighted by atomic mass is 19.4. The summed E-state index contributed by atoms with van der Waals surface area (Å²) in [5.41, 5.74) is 1.71. The normalized spacial score (nSPS) is 11.0. The molecule has 0 aromatic heterocycles. The number of rotatable bonds is 2. The number of halogens is 3. The Kier molecular flexibility index (Phi) is 3.90. The molecule has 0 radical (unpaired) electrons. The number of aryl methyl sites for hydroxylation is 1. The van der Waals surface area contributed by atoms with Crippen molar-refractivity contribution in [1.82, 2.24) is 0 Å². The SMILES string of the molecule is COc1c(C)cc(-c2ccc(C(F)(F)F)cc2)cc1C#N. The minimum absolute atomic E-state index is 0.354. The number of nitrogens with zero attached hydrogens (tertiary/aromatic N) is 1. The minimum Gasteiger partial charge on any atom is -0.495 e. The van der Waals surface area contributed by atoms with Crippen LogP contribution in [-0.2, 0) is 6.18 Å². The average molecular weight is 291 g/mol. The van der Waals surface area contributed by atoms with Crippen molar-refractivity contribution in [2.24, 2.45) is 0 Å². The fourth-order valence-electron chi connectivity index (χ4n) is 2.15. The van der Waals surface area contributed by atoms with Crippen LogP contribution in [0.1, 0.15) is 16.7 Å². The Morgan fingerprint density at radius 1 is 1.05 bits per heavy atom. The van der Waals surface area contributed by atoms with Gasteiger partial charge >= 0.3 is 6.18 Å². The Labute approximate surface area is 120 Å². The third-order valence-electron chi connectivity index (χ3n) is 3.14. The maximum absolute atomic E-state index is 12.5. The summed E-state index contributed by atoms with van der Waals surface area (Å²) in [6.45, 7) is 1.78. The molecule has 0 saturated heterocycles. The molecule has 0 aliphatic carbocycles. The second kappa shape index (κ2) is 5.49. The number of alkyl halides is 3. The van der Waals surface area contributed by atoms with Gasteiger partial charge in [-0.25, -0.2) is 0 Å². The first-order valence-electron chi connectivity index (χ1n) is 6.13. The molecular formula is C16H12F3NO. The van der Waals surface area contributed by atoms with Gasteiger partial charge < -0.3 is 4.74 Å². The van der Waals surface area contributed by atoms with Crippen molar-refractivity contribution in [1.29, 1.82) is 5.26 Å². The zero-order valence-electron chi connectivity index (χ0n) is 11.5. The number of hydrogen-bond donors (Lipinski definition) is 0. The lowest BCUT2D eigenvalue weighted by atomic mass is 9.98. The van der Waals surface area contributed by atoms with Crippen molar-refractivity contribution >= 4 is 0 Å². The standard InChI is InChI=1S/C16H12F3NO/c1-10-7-12(8-13(9-20)15(10)21-2)11-3-5-14(6-4-11)16(17,18)19/h3-8H,1-2H3. The summed E-state index contributed by atoms with van der Waals surface area (Å²) in [5, 5.41) is 9.12. The molecule has 0 atom stereocenters. The lowest BCUT2D eigenvalue weighted by molar-refractivity contribution is -0.137. The first-order chi connectivity index (χ1) is 9.86. The molecule has 0 fully saturated rings. The smallest absolute Gasteiger partial charge is 0.416 e. The minimum atomic E-state index is -4.35. The Bertz CT molecular complexity index is 697. The van der Waals surface area contributed by atoms with E-state index in [-0.39, 0.29) is 0 Å². The van der Waals surface area contributed by atoms with Gasteiger partial charge in [0.2, 0.25) is 0 Å². The van der Waals surface area contributed by atoms with E-state index in [1.54, 1.807) is 19.1 Å². The summed E-state index contributed by atoms with van der Waals surface area (Å²) in [6, 6.07) is 10.3. The highest BCUT2D eigenvalue weighted by molar-refractivity contribution is 5.69. The van der Waals surface area contributed by atoms with Gasteiger partial charge in [-0.1, -0.05) is 12.1 Å². The van der Waals surface area contributed by atoms with Gasteiger partial charge in [-0.05, 0) is 47.9 Å². The zero-order valence-corrected chi connectivity index (χ0v) is 11.5. The van der Waals surface area contributed by atoms with Crippen LogP contribution in [-0.4, -0.2) is 7.11 Å². The summed E-state index contributed by atoms with van der Waals surface area (Å²) >= 11 is 0. The third kappa shape index (κ3) is 3.00. The molecule has 2 aromatic rings. The molecule has 0 unspecified atom stereocenters. The highest BCUT2D eigenvalue weighted by Gasteiger charge is 2.30. The average Bonchev–Trinajstić information content (AvgIpc) is 2.45. The van der Waals surface area contributed by atoms with Crippen LogP contribution in [0.3, 0.4) is 0 Å². The van der Waals surface area contributed by atoms with Gasteiger partial charge in [-0.15, -0.1) is 0 Å². The molecule has 0 N–H and O–H groups in total. The van der Waals surface area contributed by atoms with E-state index in [0.717, 1.165) is 17.7 Å². The van der Waals surface area contributed by atoms with E-state index < -0.39 is 11.7 Å². The van der Waals surface area contributed by atoms with Gasteiger partial charge in [-0.3, -0.25) is 0 Å². The van der Waals surface area contributed by atoms with Gasteiger partial charge in [0.15, 0.2) is 0 Å². The van der Waals surface area contributed by atoms with Gasteiger partial charge in [0.1, 0.15) is 11.8 Å². The predicted molar refractivity (Wildman–Crippen MR) is 72.9 cm³/mol. The largest absolute Gasteiger partial charge is 0.495 e. The molecule has 2 aromatic carbocycles. The summed E-state index contributed by atoms with van der Waals surface area (Å²) in [7, 11) is 1.47. The van der Waals surface area contributed by atoms with Crippen LogP contribution in [0.2, 0.25) is 0 Å². The molecule has 108 valence electrons. The maximum atomic E-state index is 12.5. The van der Waals surface area contributed by atoms with Crippen molar-refractivity contribution < 1.29 is 17.9 Å². The molecule has 0 amide bonds. The summed E-state index contributed by atoms with van der Waals surface area (Å²) in [6.07, 6.45) is -4.35. The van der Waals surface area contributed by atoms with E-state index in [9.17, 15) is 13.2 Å². The fraction of sp³-hybridized carbons (Fsp3) is 0.188. The van der Waals surface area contributed by atoms with E-state index in [2.05, 4.69) is 0 Å². The van der Waals surface area contributed by atoms with Gasteiger partial charge in [0.05, 0.1) is 18.2 Å². The molecule has 0 heterocycles. The van der Waals surface area contributed by atoms with Crippen LogP contribution in [0.15, 0.2) is 36.4 Å². The summed E-state index contributed by atoms with van der Waals surface area (Å²) in [5.74, 6) is 0.480. The van der Waals surface area contributed by atoms with Crippen molar-refractivity contribution in [3.8, 4) is 22.9 Å². The van der Waals surface area contributed by atoms with E-state index in [4.69, 9.17) is 10.00 Å². The van der Waals surface area contributed by atoms with E-state index in [1.807, 2.05) is 6.07 Å². The quantitative estimate of drug-likeness (QED) is 0.812. The Hall–Kier alpha value is -2.48. The highest BCUT2D eigenvalue weighted by Crippen LogP contribution is 2.33. The van der Waals surface area contributed by atoms with Crippen molar-refractivity contribution in [3.63, 3.8) is 0 Å². The molecule has 0 aliphatic heterocycles. The van der Waals surface area contributed by atoms with E-state index >= 15 is 0 Å².